The highest BCUT2D eigenvalue weighted by Gasteiger charge is 2.13. The lowest BCUT2D eigenvalue weighted by Gasteiger charge is -2.10. The predicted octanol–water partition coefficient (Wildman–Crippen LogP) is 3.20. The number of ether oxygens (including phenoxy) is 1. The van der Waals surface area contributed by atoms with E-state index in [1.54, 1.807) is 24.7 Å². The van der Waals surface area contributed by atoms with Crippen molar-refractivity contribution in [3.8, 4) is 5.75 Å². The van der Waals surface area contributed by atoms with Crippen molar-refractivity contribution < 1.29 is 9.53 Å². The van der Waals surface area contributed by atoms with Gasteiger partial charge in [0.05, 0.1) is 11.9 Å². The highest BCUT2D eigenvalue weighted by molar-refractivity contribution is 5.90. The van der Waals surface area contributed by atoms with E-state index in [0.29, 0.717) is 17.9 Å². The Morgan fingerprint density at radius 2 is 1.82 bits per heavy atom. The molecule has 4 rings (SSSR count). The molecule has 0 spiro atoms. The summed E-state index contributed by atoms with van der Waals surface area (Å²) >= 11 is 0. The number of nitrogen functional groups attached to an aromatic ring is 1. The Balaban J connectivity index is 1.52. The first-order valence-corrected chi connectivity index (χ1v) is 8.51. The number of rotatable bonds is 4. The first-order chi connectivity index (χ1) is 13.7. The lowest BCUT2D eigenvalue weighted by molar-refractivity contribution is 0.214. The molecule has 8 heteroatoms. The van der Waals surface area contributed by atoms with E-state index in [2.05, 4.69) is 25.3 Å². The van der Waals surface area contributed by atoms with Crippen LogP contribution < -0.4 is 15.8 Å². The van der Waals surface area contributed by atoms with Gasteiger partial charge >= 0.3 is 6.09 Å². The zero-order chi connectivity index (χ0) is 19.3. The third-order valence-electron chi connectivity index (χ3n) is 4.03. The van der Waals surface area contributed by atoms with Crippen LogP contribution in [-0.4, -0.2) is 26.0 Å². The predicted molar refractivity (Wildman–Crippen MR) is 105 cm³/mol. The summed E-state index contributed by atoms with van der Waals surface area (Å²) in [5.74, 6) is 0.716. The van der Waals surface area contributed by atoms with Crippen molar-refractivity contribution in [3.05, 3.63) is 78.5 Å². The van der Waals surface area contributed by atoms with Gasteiger partial charge in [0.15, 0.2) is 5.75 Å². The summed E-state index contributed by atoms with van der Waals surface area (Å²) < 4.78 is 5.40. The fourth-order valence-corrected chi connectivity index (χ4v) is 2.71. The van der Waals surface area contributed by atoms with E-state index < -0.39 is 6.09 Å². The van der Waals surface area contributed by atoms with E-state index in [1.807, 2.05) is 36.4 Å². The van der Waals surface area contributed by atoms with Gasteiger partial charge in [0.25, 0.3) is 0 Å². The van der Waals surface area contributed by atoms with Crippen LogP contribution in [-0.2, 0) is 6.42 Å². The number of benzene rings is 1. The number of anilines is 2. The average Bonchev–Trinajstić information content (AvgIpc) is 2.71. The van der Waals surface area contributed by atoms with E-state index in [1.165, 1.54) is 6.20 Å². The van der Waals surface area contributed by atoms with Gasteiger partial charge in [-0.25, -0.2) is 19.7 Å². The molecule has 4 aromatic rings. The smallest absolute Gasteiger partial charge is 0.406 e. The van der Waals surface area contributed by atoms with Crippen LogP contribution in [0.1, 0.15) is 11.3 Å². The summed E-state index contributed by atoms with van der Waals surface area (Å²) in [4.78, 5) is 28.7. The Bertz CT molecular complexity index is 1130. The third kappa shape index (κ3) is 4.01. The number of amides is 1. The van der Waals surface area contributed by atoms with E-state index in [0.717, 1.165) is 16.3 Å². The Morgan fingerprint density at radius 1 is 1.04 bits per heavy atom. The summed E-state index contributed by atoms with van der Waals surface area (Å²) in [6.45, 7) is 0. The number of hydrogen-bond acceptors (Lipinski definition) is 7. The maximum atomic E-state index is 12.3. The molecule has 28 heavy (non-hydrogen) atoms. The van der Waals surface area contributed by atoms with Gasteiger partial charge in [0, 0.05) is 30.4 Å². The fourth-order valence-electron chi connectivity index (χ4n) is 2.71. The summed E-state index contributed by atoms with van der Waals surface area (Å²) in [5, 5.41) is 4.56. The Kier molecular flexibility index (Phi) is 4.75. The number of nitrogens with one attached hydrogen (secondary N) is 1. The van der Waals surface area contributed by atoms with Gasteiger partial charge in [-0.05, 0) is 29.1 Å². The monoisotopic (exact) mass is 372 g/mol. The molecular formula is C20H16N6O2. The molecule has 0 bridgehead atoms. The Labute approximate surface area is 160 Å². The molecule has 3 N–H and O–H groups in total. The molecule has 3 heterocycles. The molecule has 3 aromatic heterocycles. The van der Waals surface area contributed by atoms with Crippen molar-refractivity contribution in [2.45, 2.75) is 6.42 Å². The maximum Gasteiger partial charge on any atom is 0.418 e. The summed E-state index contributed by atoms with van der Waals surface area (Å²) in [6, 6.07) is 13.2. The molecule has 0 aliphatic rings. The van der Waals surface area contributed by atoms with Crippen molar-refractivity contribution >= 4 is 28.6 Å². The van der Waals surface area contributed by atoms with Gasteiger partial charge < -0.3 is 10.5 Å². The van der Waals surface area contributed by atoms with Crippen LogP contribution in [0.2, 0.25) is 0 Å². The SMILES string of the molecule is Nc1ncc(OC(=O)Nc2cc3ccccc3cn2)c(Cc2ccncc2)n1. The molecule has 0 aliphatic heterocycles. The van der Waals surface area contributed by atoms with Gasteiger partial charge in [-0.2, -0.15) is 0 Å². The van der Waals surface area contributed by atoms with Gasteiger partial charge in [0.1, 0.15) is 5.82 Å². The molecule has 0 fully saturated rings. The molecule has 0 saturated heterocycles. The molecule has 0 unspecified atom stereocenters. The first kappa shape index (κ1) is 17.3. The maximum absolute atomic E-state index is 12.3. The average molecular weight is 372 g/mol. The van der Waals surface area contributed by atoms with Gasteiger partial charge in [-0.1, -0.05) is 24.3 Å². The van der Waals surface area contributed by atoms with Crippen LogP contribution in [0.4, 0.5) is 16.6 Å². The normalized spacial score (nSPS) is 10.6. The minimum atomic E-state index is -0.688. The standard InChI is InChI=1S/C20H16N6O2/c21-19-24-12-17(16(25-19)9-13-5-7-22-8-6-13)28-20(27)26-18-10-14-3-1-2-4-15(14)11-23-18/h1-8,10-12H,9H2,(H2,21,24,25)(H,23,26,27). The van der Waals surface area contributed by atoms with Crippen molar-refractivity contribution in [1.82, 2.24) is 19.9 Å². The largest absolute Gasteiger partial charge is 0.418 e. The second-order valence-electron chi connectivity index (χ2n) is 6.00. The number of hydrogen-bond donors (Lipinski definition) is 2. The van der Waals surface area contributed by atoms with Crippen molar-refractivity contribution in [3.63, 3.8) is 0 Å². The number of pyridine rings is 2. The van der Waals surface area contributed by atoms with Crippen LogP contribution in [0.15, 0.2) is 67.3 Å². The molecule has 0 saturated carbocycles. The zero-order valence-electron chi connectivity index (χ0n) is 14.7. The molecule has 8 nitrogen and oxygen atoms in total. The molecule has 1 aromatic carbocycles. The number of nitrogens with two attached hydrogens (primary N) is 1. The lowest BCUT2D eigenvalue weighted by atomic mass is 10.1. The van der Waals surface area contributed by atoms with E-state index in [-0.39, 0.29) is 11.7 Å². The molecular weight excluding hydrogens is 356 g/mol. The van der Waals surface area contributed by atoms with Gasteiger partial charge in [-0.3, -0.25) is 10.3 Å². The van der Waals surface area contributed by atoms with Crippen LogP contribution in [0.3, 0.4) is 0 Å². The van der Waals surface area contributed by atoms with Crippen molar-refractivity contribution in [2.24, 2.45) is 0 Å². The summed E-state index contributed by atoms with van der Waals surface area (Å²) in [5.41, 5.74) is 7.14. The highest BCUT2D eigenvalue weighted by atomic mass is 16.6. The molecule has 138 valence electrons. The fraction of sp³-hybridized carbons (Fsp3) is 0.0500. The van der Waals surface area contributed by atoms with Crippen LogP contribution in [0, 0.1) is 0 Å². The van der Waals surface area contributed by atoms with Crippen molar-refractivity contribution in [1.29, 1.82) is 0 Å². The summed E-state index contributed by atoms with van der Waals surface area (Å²) in [6.07, 6.45) is 6.16. The first-order valence-electron chi connectivity index (χ1n) is 8.51. The highest BCUT2D eigenvalue weighted by Crippen LogP contribution is 2.21. The van der Waals surface area contributed by atoms with Crippen molar-refractivity contribution in [2.75, 3.05) is 11.1 Å². The molecule has 1 amide bonds. The minimum absolute atomic E-state index is 0.105. The van der Waals surface area contributed by atoms with Gasteiger partial charge in [0.2, 0.25) is 5.95 Å². The lowest BCUT2D eigenvalue weighted by Crippen LogP contribution is -2.19. The minimum Gasteiger partial charge on any atom is -0.406 e. The van der Waals surface area contributed by atoms with Crippen LogP contribution in [0.25, 0.3) is 10.8 Å². The summed E-state index contributed by atoms with van der Waals surface area (Å²) in [7, 11) is 0. The Morgan fingerprint density at radius 3 is 2.64 bits per heavy atom. The van der Waals surface area contributed by atoms with Gasteiger partial charge in [-0.15, -0.1) is 0 Å². The number of nitrogens with zero attached hydrogens (tertiary/aromatic N) is 4. The molecule has 0 atom stereocenters. The number of carbonyl (C=O) groups excluding carboxylic acids is 1. The molecule has 0 radical (unpaired) electrons. The zero-order valence-corrected chi connectivity index (χ0v) is 14.7. The number of carbonyl (C=O) groups is 1. The third-order valence-corrected chi connectivity index (χ3v) is 4.03. The number of fused-ring (bicyclic) bond motifs is 1. The van der Waals surface area contributed by atoms with Crippen LogP contribution >= 0.6 is 0 Å². The van der Waals surface area contributed by atoms with E-state index in [9.17, 15) is 4.79 Å². The number of aromatic nitrogens is 4. The second-order valence-corrected chi connectivity index (χ2v) is 6.00. The van der Waals surface area contributed by atoms with E-state index in [4.69, 9.17) is 10.5 Å². The molecule has 0 aliphatic carbocycles. The van der Waals surface area contributed by atoms with E-state index >= 15 is 0 Å². The quantitative estimate of drug-likeness (QED) is 0.565. The second kappa shape index (κ2) is 7.67. The Hall–Kier alpha value is -4.07. The van der Waals surface area contributed by atoms with Crippen LogP contribution in [0.5, 0.6) is 5.75 Å². The topological polar surface area (TPSA) is 116 Å².